The van der Waals surface area contributed by atoms with Crippen molar-refractivity contribution in [1.82, 2.24) is 0 Å². The maximum Gasteiger partial charge on any atom is 2.00 e. The molecule has 0 heterocycles. The van der Waals surface area contributed by atoms with Crippen molar-refractivity contribution in [2.24, 2.45) is 0 Å². The Morgan fingerprint density at radius 1 is 0.742 bits per heavy atom. The van der Waals surface area contributed by atoms with Crippen molar-refractivity contribution in [2.45, 2.75) is 36.5 Å². The number of rotatable bonds is 6. The second-order valence-corrected chi connectivity index (χ2v) is 9.09. The van der Waals surface area contributed by atoms with Crippen molar-refractivity contribution in [3.05, 3.63) is 81.5 Å². The maximum absolute atomic E-state index is 10.9. The third-order valence-corrected chi connectivity index (χ3v) is 5.83. The zero-order chi connectivity index (χ0) is 22.9. The Morgan fingerprint density at radius 3 is 1.32 bits per heavy atom. The third-order valence-electron chi connectivity index (χ3n) is 3.96. The van der Waals surface area contributed by atoms with E-state index in [-0.39, 0.29) is 43.9 Å². The average molecular weight is 644 g/mol. The van der Waals surface area contributed by atoms with Crippen LogP contribution in [0.2, 0.25) is 0 Å². The minimum Gasteiger partial charge on any atom is -0.744 e. The van der Waals surface area contributed by atoms with E-state index in [1.54, 1.807) is 24.3 Å². The van der Waals surface area contributed by atoms with Crippen LogP contribution in [0.25, 0.3) is 9.69 Å². The van der Waals surface area contributed by atoms with Crippen LogP contribution in [-0.2, 0) is 54.1 Å². The topological polar surface area (TPSA) is 123 Å². The Hall–Kier alpha value is -2.07. The molecule has 0 saturated heterocycles. The fraction of sp³-hybridized carbons (Fsp3) is 0.300. The molecule has 31 heavy (non-hydrogen) atoms. The molecule has 0 fully saturated rings. The van der Waals surface area contributed by atoms with Gasteiger partial charge in [0.05, 0.1) is 9.79 Å². The summed E-state index contributed by atoms with van der Waals surface area (Å²) >= 11 is 0. The molecule has 0 amide bonds. The van der Waals surface area contributed by atoms with Crippen LogP contribution in [0, 0.1) is 27.0 Å². The molecule has 0 spiro atoms. The first-order valence-corrected chi connectivity index (χ1v) is 11.5. The van der Waals surface area contributed by atoms with Crippen molar-refractivity contribution in [3.8, 4) is 0 Å². The first-order chi connectivity index (χ1) is 13.9. The molecule has 0 aliphatic carbocycles. The van der Waals surface area contributed by atoms with Gasteiger partial charge in [0.2, 0.25) is 13.1 Å². The predicted octanol–water partition coefficient (Wildman–Crippen LogP) is 2.72. The second kappa shape index (κ2) is 12.7. The SMILES string of the molecule is [C-]#[N+]CCc1cc(C)ccc1S(=O)(=O)[O-].[C-]#[N+]CCc1cc(C)ccc1S(=O)(=O)[O-].[Pt+2]. The molecule has 0 N–H and O–H groups in total. The molecular weight excluding hydrogens is 623 g/mol. The molecule has 0 bridgehead atoms. The summed E-state index contributed by atoms with van der Waals surface area (Å²) in [6, 6.07) is 9.03. The van der Waals surface area contributed by atoms with Gasteiger partial charge >= 0.3 is 21.1 Å². The van der Waals surface area contributed by atoms with E-state index in [2.05, 4.69) is 9.69 Å². The van der Waals surface area contributed by atoms with Crippen LogP contribution in [-0.4, -0.2) is 39.0 Å². The molecule has 0 radical (unpaired) electrons. The van der Waals surface area contributed by atoms with Gasteiger partial charge < -0.3 is 18.8 Å². The molecule has 8 nitrogen and oxygen atoms in total. The minimum absolute atomic E-state index is 0. The van der Waals surface area contributed by atoms with Crippen LogP contribution >= 0.6 is 0 Å². The molecule has 2 aromatic rings. The Balaban J connectivity index is 0.000000562. The van der Waals surface area contributed by atoms with Gasteiger partial charge in [0.1, 0.15) is 20.2 Å². The van der Waals surface area contributed by atoms with Crippen molar-refractivity contribution < 1.29 is 47.0 Å². The van der Waals surface area contributed by atoms with E-state index in [0.29, 0.717) is 24.0 Å². The summed E-state index contributed by atoms with van der Waals surface area (Å²) in [5, 5.41) is 0. The van der Waals surface area contributed by atoms with E-state index < -0.39 is 20.2 Å². The maximum atomic E-state index is 10.9. The van der Waals surface area contributed by atoms with E-state index in [1.807, 2.05) is 13.8 Å². The Kier molecular flexibility index (Phi) is 11.9. The molecule has 0 aliphatic heterocycles. The van der Waals surface area contributed by atoms with E-state index in [1.165, 1.54) is 12.1 Å². The zero-order valence-electron chi connectivity index (χ0n) is 16.8. The largest absolute Gasteiger partial charge is 2.00 e. The van der Waals surface area contributed by atoms with E-state index in [0.717, 1.165) is 11.1 Å². The Labute approximate surface area is 197 Å². The molecule has 0 atom stereocenters. The van der Waals surface area contributed by atoms with Crippen molar-refractivity contribution >= 4 is 20.2 Å². The zero-order valence-corrected chi connectivity index (χ0v) is 20.7. The quantitative estimate of drug-likeness (QED) is 0.353. The van der Waals surface area contributed by atoms with Gasteiger partial charge in [0, 0.05) is 12.8 Å². The van der Waals surface area contributed by atoms with Crippen molar-refractivity contribution in [1.29, 1.82) is 0 Å². The number of benzene rings is 2. The van der Waals surface area contributed by atoms with Crippen LogP contribution in [0.1, 0.15) is 22.3 Å². The summed E-state index contributed by atoms with van der Waals surface area (Å²) in [5.74, 6) is 0. The van der Waals surface area contributed by atoms with Gasteiger partial charge in [-0.2, -0.15) is 0 Å². The van der Waals surface area contributed by atoms with Crippen LogP contribution < -0.4 is 0 Å². The van der Waals surface area contributed by atoms with Gasteiger partial charge in [-0.25, -0.2) is 30.0 Å². The molecule has 2 rings (SSSR count). The minimum atomic E-state index is -4.43. The van der Waals surface area contributed by atoms with E-state index in [9.17, 15) is 25.9 Å². The molecule has 0 unspecified atom stereocenters. The number of hydrogen-bond donors (Lipinski definition) is 0. The van der Waals surface area contributed by atoms with Crippen LogP contribution in [0.3, 0.4) is 0 Å². The van der Waals surface area contributed by atoms with E-state index in [4.69, 9.17) is 13.1 Å². The Morgan fingerprint density at radius 2 is 1.06 bits per heavy atom. The van der Waals surface area contributed by atoms with E-state index >= 15 is 0 Å². The summed E-state index contributed by atoms with van der Waals surface area (Å²) in [7, 11) is -8.87. The molecule has 0 aliphatic rings. The number of aryl methyl sites for hydroxylation is 2. The number of hydrogen-bond acceptors (Lipinski definition) is 6. The van der Waals surface area contributed by atoms with Gasteiger partial charge in [-0.1, -0.05) is 35.4 Å². The second-order valence-electron chi connectivity index (χ2n) is 6.39. The normalized spacial score (nSPS) is 10.6. The molecule has 0 aromatic heterocycles. The van der Waals surface area contributed by atoms with Crippen LogP contribution in [0.15, 0.2) is 46.2 Å². The molecular formula is C20H20N2O6PtS2. The summed E-state index contributed by atoms with van der Waals surface area (Å²) in [6.45, 7) is 17.2. The summed E-state index contributed by atoms with van der Waals surface area (Å²) in [5.41, 5.74) is 2.62. The van der Waals surface area contributed by atoms with Gasteiger partial charge in [-0.3, -0.25) is 0 Å². The molecule has 11 heteroatoms. The molecule has 2 aromatic carbocycles. The first kappa shape index (κ1) is 28.9. The summed E-state index contributed by atoms with van der Waals surface area (Å²) in [4.78, 5) is 5.85. The van der Waals surface area contributed by atoms with Gasteiger partial charge in [-0.05, 0) is 37.1 Å². The van der Waals surface area contributed by atoms with Crippen LogP contribution in [0.5, 0.6) is 0 Å². The summed E-state index contributed by atoms with van der Waals surface area (Å²) < 4.78 is 65.4. The standard InChI is InChI=1S/2C10H11NO3S.Pt/c2*1-8-3-4-10(15(12,13)14)9(7-8)5-6-11-2;/h2*3-4,7H,5-6H2,1H3,(H,12,13,14);/q;;+2/p-2. The fourth-order valence-electron chi connectivity index (χ4n) is 2.65. The molecule has 168 valence electrons. The third kappa shape index (κ3) is 9.73. The van der Waals surface area contributed by atoms with Gasteiger partial charge in [-0.15, -0.1) is 0 Å². The van der Waals surface area contributed by atoms with Crippen molar-refractivity contribution in [3.63, 3.8) is 0 Å². The van der Waals surface area contributed by atoms with Crippen LogP contribution in [0.4, 0.5) is 0 Å². The van der Waals surface area contributed by atoms with Gasteiger partial charge in [0.15, 0.2) is 0 Å². The number of nitrogens with zero attached hydrogens (tertiary/aromatic N) is 2. The first-order valence-electron chi connectivity index (χ1n) is 8.67. The monoisotopic (exact) mass is 643 g/mol. The van der Waals surface area contributed by atoms with Crippen molar-refractivity contribution in [2.75, 3.05) is 13.1 Å². The predicted molar refractivity (Wildman–Crippen MR) is 109 cm³/mol. The summed E-state index contributed by atoms with van der Waals surface area (Å²) in [6.07, 6.45) is 0.587. The fourth-order valence-corrected chi connectivity index (χ4v) is 4.08. The Bertz CT molecular complexity index is 1100. The average Bonchev–Trinajstić information content (AvgIpc) is 2.63. The van der Waals surface area contributed by atoms with Gasteiger partial charge in [0.25, 0.3) is 0 Å². The molecule has 0 saturated carbocycles. The smallest absolute Gasteiger partial charge is 0.744 e.